The lowest BCUT2D eigenvalue weighted by atomic mass is 9.73. The van der Waals surface area contributed by atoms with Crippen LogP contribution in [0.15, 0.2) is 30.3 Å². The molecule has 0 spiro atoms. The molecule has 2 aromatic rings. The van der Waals surface area contributed by atoms with Gasteiger partial charge in [0.1, 0.15) is 5.69 Å². The fourth-order valence-corrected chi connectivity index (χ4v) is 5.11. The fraction of sp³-hybridized carbons (Fsp3) is 0.583. The maximum absolute atomic E-state index is 13.2. The van der Waals surface area contributed by atoms with Crippen molar-refractivity contribution in [1.29, 1.82) is 0 Å². The van der Waals surface area contributed by atoms with E-state index in [0.29, 0.717) is 30.6 Å². The minimum atomic E-state index is -0.165. The molecule has 1 aromatic carbocycles. The van der Waals surface area contributed by atoms with Crippen molar-refractivity contribution < 1.29 is 9.90 Å². The van der Waals surface area contributed by atoms with Gasteiger partial charge in [-0.25, -0.2) is 0 Å². The Morgan fingerprint density at radius 3 is 2.73 bits per heavy atom. The summed E-state index contributed by atoms with van der Waals surface area (Å²) in [7, 11) is 0. The summed E-state index contributed by atoms with van der Waals surface area (Å²) in [6, 6.07) is 10.2. The second-order valence-corrected chi connectivity index (χ2v) is 9.52. The molecule has 0 radical (unpaired) electrons. The molecule has 2 saturated heterocycles. The maximum Gasteiger partial charge on any atom is 0.271 e. The van der Waals surface area contributed by atoms with Crippen LogP contribution in [0.4, 0.5) is 0 Å². The van der Waals surface area contributed by atoms with Crippen molar-refractivity contribution in [1.82, 2.24) is 20.0 Å². The Morgan fingerprint density at radius 2 is 2.07 bits per heavy atom. The lowest BCUT2D eigenvalue weighted by Crippen LogP contribution is -2.49. The predicted molar refractivity (Wildman–Crippen MR) is 118 cm³/mol. The first-order valence-electron chi connectivity index (χ1n) is 11.2. The molecule has 162 valence electrons. The third kappa shape index (κ3) is 4.03. The van der Waals surface area contributed by atoms with Gasteiger partial charge in [0.2, 0.25) is 0 Å². The normalized spacial score (nSPS) is 24.4. The molecular formula is C24H34N4O2. The van der Waals surface area contributed by atoms with Crippen LogP contribution in [-0.4, -0.2) is 70.3 Å². The number of H-pyrrole nitrogens is 1. The van der Waals surface area contributed by atoms with Crippen molar-refractivity contribution in [2.45, 2.75) is 33.6 Å². The van der Waals surface area contributed by atoms with Gasteiger partial charge in [0, 0.05) is 37.2 Å². The number of piperidine rings is 1. The molecular weight excluding hydrogens is 376 g/mol. The number of carbonyl (C=O) groups is 1. The highest BCUT2D eigenvalue weighted by molar-refractivity contribution is 5.93. The number of aryl methyl sites for hydroxylation is 1. The first kappa shape index (κ1) is 21.1. The molecule has 30 heavy (non-hydrogen) atoms. The van der Waals surface area contributed by atoms with Gasteiger partial charge in [-0.15, -0.1) is 0 Å². The molecule has 1 aromatic heterocycles. The number of likely N-dealkylation sites (tertiary alicyclic amines) is 2. The highest BCUT2D eigenvalue weighted by atomic mass is 16.3. The van der Waals surface area contributed by atoms with E-state index in [1.807, 2.05) is 11.0 Å². The number of hydrogen-bond donors (Lipinski definition) is 2. The van der Waals surface area contributed by atoms with Crippen LogP contribution in [0.3, 0.4) is 0 Å². The maximum atomic E-state index is 13.2. The van der Waals surface area contributed by atoms with E-state index in [9.17, 15) is 9.90 Å². The SMILES string of the molecule is CCc1ccc(-c2cc(C(=O)N3C[C@@H]4CN(CC(C)C)CC[C@]4(CO)C3)[nH]n2)cc1. The number of fused-ring (bicyclic) bond motifs is 1. The van der Waals surface area contributed by atoms with E-state index < -0.39 is 0 Å². The van der Waals surface area contributed by atoms with Gasteiger partial charge in [-0.2, -0.15) is 5.10 Å². The number of amides is 1. The second-order valence-electron chi connectivity index (χ2n) is 9.52. The monoisotopic (exact) mass is 410 g/mol. The van der Waals surface area contributed by atoms with Crippen molar-refractivity contribution in [3.8, 4) is 11.3 Å². The van der Waals surface area contributed by atoms with E-state index in [-0.39, 0.29) is 17.9 Å². The standard InChI is InChI=1S/C24H34N4O2/c1-4-18-5-7-19(8-6-18)21-11-22(26-25-21)23(30)28-14-20-13-27(12-17(2)3)10-9-24(20,15-28)16-29/h5-8,11,17,20,29H,4,9-10,12-16H2,1-3H3,(H,25,26)/t20-,24+/m0/s1. The average molecular weight is 411 g/mol. The zero-order valence-electron chi connectivity index (χ0n) is 18.4. The number of aliphatic hydroxyl groups is 1. The summed E-state index contributed by atoms with van der Waals surface area (Å²) in [5.74, 6) is 0.931. The number of nitrogens with one attached hydrogen (secondary N) is 1. The Hall–Kier alpha value is -2.18. The van der Waals surface area contributed by atoms with Gasteiger partial charge >= 0.3 is 0 Å². The minimum Gasteiger partial charge on any atom is -0.396 e. The summed E-state index contributed by atoms with van der Waals surface area (Å²) < 4.78 is 0. The third-order valence-electron chi connectivity index (χ3n) is 6.91. The van der Waals surface area contributed by atoms with Crippen LogP contribution in [0.25, 0.3) is 11.3 Å². The number of aromatic nitrogens is 2. The Labute approximate surface area is 179 Å². The summed E-state index contributed by atoms with van der Waals surface area (Å²) >= 11 is 0. The topological polar surface area (TPSA) is 72.5 Å². The van der Waals surface area contributed by atoms with E-state index >= 15 is 0 Å². The van der Waals surface area contributed by atoms with Gasteiger partial charge in [-0.3, -0.25) is 9.89 Å². The zero-order valence-corrected chi connectivity index (χ0v) is 18.4. The number of aliphatic hydroxyl groups excluding tert-OH is 1. The number of aromatic amines is 1. The van der Waals surface area contributed by atoms with E-state index in [4.69, 9.17) is 0 Å². The first-order valence-corrected chi connectivity index (χ1v) is 11.2. The molecule has 0 saturated carbocycles. The van der Waals surface area contributed by atoms with E-state index in [2.05, 4.69) is 60.1 Å². The highest BCUT2D eigenvalue weighted by Gasteiger charge is 2.50. The molecule has 2 N–H and O–H groups in total. The predicted octanol–water partition coefficient (Wildman–Crippen LogP) is 3.05. The van der Waals surface area contributed by atoms with Crippen molar-refractivity contribution in [3.63, 3.8) is 0 Å². The molecule has 2 aliphatic rings. The van der Waals surface area contributed by atoms with Crippen LogP contribution < -0.4 is 0 Å². The van der Waals surface area contributed by atoms with E-state index in [0.717, 1.165) is 43.7 Å². The third-order valence-corrected chi connectivity index (χ3v) is 6.91. The Balaban J connectivity index is 1.47. The van der Waals surface area contributed by atoms with Crippen molar-refractivity contribution >= 4 is 5.91 Å². The van der Waals surface area contributed by atoms with Crippen LogP contribution in [0.5, 0.6) is 0 Å². The van der Waals surface area contributed by atoms with Crippen molar-refractivity contribution in [2.24, 2.45) is 17.3 Å². The summed E-state index contributed by atoms with van der Waals surface area (Å²) in [4.78, 5) is 17.6. The van der Waals surface area contributed by atoms with Crippen LogP contribution in [-0.2, 0) is 6.42 Å². The van der Waals surface area contributed by atoms with Gasteiger partial charge < -0.3 is 14.9 Å². The van der Waals surface area contributed by atoms with Gasteiger partial charge in [-0.05, 0) is 42.9 Å². The van der Waals surface area contributed by atoms with Gasteiger partial charge in [0.15, 0.2) is 0 Å². The molecule has 6 nitrogen and oxygen atoms in total. The number of hydrogen-bond acceptors (Lipinski definition) is 4. The van der Waals surface area contributed by atoms with Gasteiger partial charge in [-0.1, -0.05) is 45.0 Å². The number of benzene rings is 1. The molecule has 6 heteroatoms. The molecule has 0 bridgehead atoms. The van der Waals surface area contributed by atoms with Gasteiger partial charge in [0.25, 0.3) is 5.91 Å². The largest absolute Gasteiger partial charge is 0.396 e. The number of nitrogens with zero attached hydrogens (tertiary/aromatic N) is 3. The lowest BCUT2D eigenvalue weighted by Gasteiger charge is -2.42. The number of carbonyl (C=O) groups excluding carboxylic acids is 1. The van der Waals surface area contributed by atoms with Crippen LogP contribution in [0, 0.1) is 17.3 Å². The fourth-order valence-electron chi connectivity index (χ4n) is 5.11. The molecule has 0 aliphatic carbocycles. The Bertz CT molecular complexity index is 876. The molecule has 2 fully saturated rings. The van der Waals surface area contributed by atoms with Gasteiger partial charge in [0.05, 0.1) is 12.3 Å². The summed E-state index contributed by atoms with van der Waals surface area (Å²) in [5.41, 5.74) is 3.44. The summed E-state index contributed by atoms with van der Waals surface area (Å²) in [6.07, 6.45) is 1.95. The molecule has 3 heterocycles. The van der Waals surface area contributed by atoms with Crippen molar-refractivity contribution in [3.05, 3.63) is 41.6 Å². The highest BCUT2D eigenvalue weighted by Crippen LogP contribution is 2.43. The molecule has 2 aliphatic heterocycles. The first-order chi connectivity index (χ1) is 14.4. The van der Waals surface area contributed by atoms with E-state index in [1.165, 1.54) is 5.56 Å². The molecule has 1 amide bonds. The Morgan fingerprint density at radius 1 is 1.30 bits per heavy atom. The van der Waals surface area contributed by atoms with E-state index in [1.54, 1.807) is 0 Å². The smallest absolute Gasteiger partial charge is 0.271 e. The summed E-state index contributed by atoms with van der Waals surface area (Å²) in [6.45, 7) is 11.1. The molecule has 4 rings (SSSR count). The summed E-state index contributed by atoms with van der Waals surface area (Å²) in [5, 5.41) is 17.5. The Kier molecular flexibility index (Phi) is 5.98. The quantitative estimate of drug-likeness (QED) is 0.768. The zero-order chi connectivity index (χ0) is 21.3. The van der Waals surface area contributed by atoms with Crippen LogP contribution >= 0.6 is 0 Å². The lowest BCUT2D eigenvalue weighted by molar-refractivity contribution is 0.0153. The van der Waals surface area contributed by atoms with Crippen molar-refractivity contribution in [2.75, 3.05) is 39.3 Å². The second kappa shape index (κ2) is 8.52. The molecule has 0 unspecified atom stereocenters. The average Bonchev–Trinajstić information content (AvgIpc) is 3.38. The van der Waals surface area contributed by atoms with Crippen LogP contribution in [0.1, 0.15) is 43.2 Å². The van der Waals surface area contributed by atoms with Crippen LogP contribution in [0.2, 0.25) is 0 Å². The minimum absolute atomic E-state index is 0.0171. The number of rotatable bonds is 6. The molecule has 2 atom stereocenters.